The minimum atomic E-state index is -3.90. The molecule has 0 bridgehead atoms. The normalized spacial score (nSPS) is 11.6. The number of aryl methyl sites for hydroxylation is 1. The van der Waals surface area contributed by atoms with E-state index in [-0.39, 0.29) is 30.4 Å². The van der Waals surface area contributed by atoms with Crippen molar-refractivity contribution in [3.63, 3.8) is 0 Å². The first-order valence-corrected chi connectivity index (χ1v) is 8.06. The number of thiazole rings is 1. The Morgan fingerprint density at radius 2 is 1.79 bits per heavy atom. The number of anilines is 1. The van der Waals surface area contributed by atoms with Crippen LogP contribution >= 0.6 is 46.1 Å². The number of hydrogen-bond donors (Lipinski definition) is 1. The predicted molar refractivity (Wildman–Crippen MR) is 74.7 cm³/mol. The lowest BCUT2D eigenvalue weighted by molar-refractivity contribution is 0.602. The third kappa shape index (κ3) is 3.09. The smallest absolute Gasteiger partial charge is 0.273 e. The average Bonchev–Trinajstić information content (AvgIpc) is 2.64. The lowest BCUT2D eigenvalue weighted by Gasteiger charge is -2.08. The van der Waals surface area contributed by atoms with Gasteiger partial charge in [0.15, 0.2) is 19.0 Å². The third-order valence-electron chi connectivity index (χ3n) is 1.96. The molecule has 2 rings (SSSR count). The number of hydrogen-bond acceptors (Lipinski definition) is 6. The van der Waals surface area contributed by atoms with Crippen LogP contribution in [0.4, 0.5) is 5.69 Å². The zero-order valence-corrected chi connectivity index (χ0v) is 13.1. The van der Waals surface area contributed by atoms with Crippen LogP contribution in [-0.4, -0.2) is 23.4 Å². The molecule has 0 fully saturated rings. The van der Waals surface area contributed by atoms with Crippen LogP contribution in [0.5, 0.6) is 0 Å². The largest absolute Gasteiger partial charge is 0.273 e. The highest BCUT2D eigenvalue weighted by molar-refractivity contribution is 7.94. The number of rotatable bonds is 3. The molecule has 0 saturated carbocycles. The molecule has 0 aliphatic heterocycles. The van der Waals surface area contributed by atoms with Crippen LogP contribution in [0, 0.1) is 6.92 Å². The van der Waals surface area contributed by atoms with Gasteiger partial charge >= 0.3 is 0 Å². The Balaban J connectivity index is 2.45. The third-order valence-corrected chi connectivity index (χ3v) is 5.76. The molecule has 1 N–H and O–H groups in total. The van der Waals surface area contributed by atoms with Gasteiger partial charge in [0.2, 0.25) is 0 Å². The Morgan fingerprint density at radius 1 is 1.21 bits per heavy atom. The van der Waals surface area contributed by atoms with E-state index in [9.17, 15) is 8.42 Å². The summed E-state index contributed by atoms with van der Waals surface area (Å²) >= 11 is 18.0. The van der Waals surface area contributed by atoms with E-state index < -0.39 is 10.0 Å². The summed E-state index contributed by atoms with van der Waals surface area (Å²) in [6.45, 7) is 1.53. The van der Waals surface area contributed by atoms with E-state index in [1.807, 2.05) is 0 Å². The van der Waals surface area contributed by atoms with Crippen molar-refractivity contribution in [2.45, 2.75) is 11.1 Å². The molecule has 6 nitrogen and oxygen atoms in total. The fraction of sp³-hybridized carbons (Fsp3) is 0.125. The van der Waals surface area contributed by atoms with Crippen molar-refractivity contribution in [1.82, 2.24) is 15.0 Å². The molecule has 102 valence electrons. The van der Waals surface area contributed by atoms with Crippen LogP contribution in [0.3, 0.4) is 0 Å². The maximum Gasteiger partial charge on any atom is 0.273 e. The van der Waals surface area contributed by atoms with Gasteiger partial charge in [-0.3, -0.25) is 4.72 Å². The summed E-state index contributed by atoms with van der Waals surface area (Å²) in [5, 5.41) is -0.200. The molecule has 0 radical (unpaired) electrons. The highest BCUT2D eigenvalue weighted by atomic mass is 35.5. The van der Waals surface area contributed by atoms with Gasteiger partial charge in [0.25, 0.3) is 10.0 Å². The number of halogens is 3. The monoisotopic (exact) mass is 358 g/mol. The van der Waals surface area contributed by atoms with Crippen LogP contribution in [0.2, 0.25) is 14.8 Å². The zero-order chi connectivity index (χ0) is 14.2. The van der Waals surface area contributed by atoms with E-state index >= 15 is 0 Å². The first-order chi connectivity index (χ1) is 8.81. The lowest BCUT2D eigenvalue weighted by atomic mass is 10.6. The molecule has 0 saturated heterocycles. The summed E-state index contributed by atoms with van der Waals surface area (Å²) < 4.78 is 26.7. The maximum atomic E-state index is 12.2. The summed E-state index contributed by atoms with van der Waals surface area (Å²) in [4.78, 5) is 11.1. The van der Waals surface area contributed by atoms with Gasteiger partial charge < -0.3 is 0 Å². The average molecular weight is 360 g/mol. The first kappa shape index (κ1) is 14.7. The fourth-order valence-electron chi connectivity index (χ4n) is 1.21. The topological polar surface area (TPSA) is 84.8 Å². The Kier molecular flexibility index (Phi) is 4.17. The van der Waals surface area contributed by atoms with Gasteiger partial charge in [0.05, 0.1) is 5.69 Å². The molecule has 0 spiro atoms. The highest BCUT2D eigenvalue weighted by Gasteiger charge is 2.24. The number of nitrogens with one attached hydrogen (secondary N) is 1. The molecule has 11 heteroatoms. The number of sulfonamides is 1. The molecule has 0 atom stereocenters. The molecule has 0 aliphatic rings. The Morgan fingerprint density at radius 3 is 2.26 bits per heavy atom. The van der Waals surface area contributed by atoms with Crippen LogP contribution < -0.4 is 4.72 Å². The van der Waals surface area contributed by atoms with Gasteiger partial charge in [0.1, 0.15) is 12.0 Å². The zero-order valence-electron chi connectivity index (χ0n) is 9.19. The maximum absolute atomic E-state index is 12.2. The Labute approximate surface area is 127 Å². The summed E-state index contributed by atoms with van der Waals surface area (Å²) in [6, 6.07) is 0. The van der Waals surface area contributed by atoms with E-state index in [0.29, 0.717) is 0 Å². The number of aromatic nitrogens is 3. The van der Waals surface area contributed by atoms with Gasteiger partial charge in [-0.2, -0.15) is 0 Å². The van der Waals surface area contributed by atoms with Gasteiger partial charge in [-0.15, -0.1) is 0 Å². The van der Waals surface area contributed by atoms with E-state index in [1.165, 1.54) is 6.92 Å². The van der Waals surface area contributed by atoms with Crippen LogP contribution in [0.1, 0.15) is 5.69 Å². The van der Waals surface area contributed by atoms with E-state index in [1.54, 1.807) is 0 Å². The van der Waals surface area contributed by atoms with Crippen molar-refractivity contribution >= 4 is 61.9 Å². The predicted octanol–water partition coefficient (Wildman–Crippen LogP) is 3.00. The minimum Gasteiger partial charge on any atom is -0.273 e. The van der Waals surface area contributed by atoms with Gasteiger partial charge in [-0.05, 0) is 6.92 Å². The van der Waals surface area contributed by atoms with Crippen LogP contribution in [0.25, 0.3) is 0 Å². The lowest BCUT2D eigenvalue weighted by Crippen LogP contribution is -2.14. The van der Waals surface area contributed by atoms with Crippen LogP contribution in [-0.2, 0) is 10.0 Å². The Bertz CT molecular complexity index is 711. The molecule has 0 amide bonds. The summed E-state index contributed by atoms with van der Waals surface area (Å²) in [6.07, 6.45) is 1.12. The SMILES string of the molecule is Cc1nc(Cl)sc1S(=O)(=O)Nc1c(Cl)ncnc1Cl. The van der Waals surface area contributed by atoms with Gasteiger partial charge in [-0.1, -0.05) is 46.1 Å². The van der Waals surface area contributed by atoms with Crippen molar-refractivity contribution in [3.05, 3.63) is 26.8 Å². The van der Waals surface area contributed by atoms with Crippen LogP contribution in [0.15, 0.2) is 10.5 Å². The molecule has 2 aromatic rings. The van der Waals surface area contributed by atoms with Crippen molar-refractivity contribution in [1.29, 1.82) is 0 Å². The second-order valence-electron chi connectivity index (χ2n) is 3.28. The van der Waals surface area contributed by atoms with Crippen molar-refractivity contribution in [2.24, 2.45) is 0 Å². The molecule has 19 heavy (non-hydrogen) atoms. The van der Waals surface area contributed by atoms with E-state index in [4.69, 9.17) is 34.8 Å². The first-order valence-electron chi connectivity index (χ1n) is 4.63. The molecule has 0 aliphatic carbocycles. The van der Waals surface area contributed by atoms with Gasteiger partial charge in [0, 0.05) is 0 Å². The van der Waals surface area contributed by atoms with Crippen molar-refractivity contribution < 1.29 is 8.42 Å². The van der Waals surface area contributed by atoms with Crippen molar-refractivity contribution in [2.75, 3.05) is 4.72 Å². The Hall–Kier alpha value is -0.670. The molecule has 2 aromatic heterocycles. The standard InChI is InChI=1S/C8H5Cl3N4O2S2/c1-3-7(18-8(11)14-3)19(16,17)15-4-5(9)12-2-13-6(4)10/h2,15H,1H3. The fourth-order valence-corrected chi connectivity index (χ4v) is 4.54. The second-order valence-corrected chi connectivity index (χ2v) is 7.45. The summed E-state index contributed by atoms with van der Waals surface area (Å²) in [5.74, 6) is 0. The quantitative estimate of drug-likeness (QED) is 0.852. The number of nitrogens with zero attached hydrogens (tertiary/aromatic N) is 3. The van der Waals surface area contributed by atoms with Crippen molar-refractivity contribution in [3.8, 4) is 0 Å². The van der Waals surface area contributed by atoms with E-state index in [2.05, 4.69) is 19.7 Å². The van der Waals surface area contributed by atoms with E-state index in [0.717, 1.165) is 17.7 Å². The summed E-state index contributed by atoms with van der Waals surface area (Å²) in [5.41, 5.74) is 0.196. The van der Waals surface area contributed by atoms with Gasteiger partial charge in [-0.25, -0.2) is 23.4 Å². The molecule has 0 aromatic carbocycles. The highest BCUT2D eigenvalue weighted by Crippen LogP contribution is 2.32. The molecule has 2 heterocycles. The second kappa shape index (κ2) is 5.37. The molecular weight excluding hydrogens is 355 g/mol. The molecular formula is C8H5Cl3N4O2S2. The minimum absolute atomic E-state index is 0.0199. The summed E-state index contributed by atoms with van der Waals surface area (Å²) in [7, 11) is -3.90. The molecule has 0 unspecified atom stereocenters.